The molecule has 1 aliphatic carbocycles. The van der Waals surface area contributed by atoms with Crippen molar-refractivity contribution in [2.45, 2.75) is 38.6 Å². The summed E-state index contributed by atoms with van der Waals surface area (Å²) in [5.74, 6) is 2.18. The molecule has 4 heteroatoms. The van der Waals surface area contributed by atoms with E-state index < -0.39 is 0 Å². The van der Waals surface area contributed by atoms with E-state index in [4.69, 9.17) is 5.73 Å². The summed E-state index contributed by atoms with van der Waals surface area (Å²) < 4.78 is 0. The first-order valence-electron chi connectivity index (χ1n) is 6.38. The summed E-state index contributed by atoms with van der Waals surface area (Å²) in [6, 6.07) is 2.50. The Morgan fingerprint density at radius 1 is 1.41 bits per heavy atom. The van der Waals surface area contributed by atoms with Crippen molar-refractivity contribution in [2.75, 3.05) is 18.5 Å². The Kier molecular flexibility index (Phi) is 3.62. The van der Waals surface area contributed by atoms with Gasteiger partial charge in [-0.05, 0) is 24.7 Å². The van der Waals surface area contributed by atoms with Gasteiger partial charge < -0.3 is 10.6 Å². The largest absolute Gasteiger partial charge is 0.355 e. The van der Waals surface area contributed by atoms with Crippen molar-refractivity contribution >= 4 is 5.82 Å². The molecule has 1 saturated carbocycles. The Bertz CT molecular complexity index is 373. The fourth-order valence-corrected chi connectivity index (χ4v) is 2.19. The van der Waals surface area contributed by atoms with Gasteiger partial charge in [-0.1, -0.05) is 13.8 Å². The molecule has 0 amide bonds. The lowest BCUT2D eigenvalue weighted by molar-refractivity contribution is 0.565. The van der Waals surface area contributed by atoms with Crippen molar-refractivity contribution in [3.8, 4) is 0 Å². The summed E-state index contributed by atoms with van der Waals surface area (Å²) in [5.41, 5.74) is 6.96. The predicted octanol–water partition coefficient (Wildman–Crippen LogP) is 1.77. The van der Waals surface area contributed by atoms with Crippen LogP contribution in [0.4, 0.5) is 5.82 Å². The van der Waals surface area contributed by atoms with Crippen molar-refractivity contribution in [1.82, 2.24) is 9.97 Å². The summed E-state index contributed by atoms with van der Waals surface area (Å²) in [6.07, 6.45) is 4.25. The molecule has 2 rings (SSSR count). The minimum Gasteiger partial charge on any atom is -0.355 e. The Morgan fingerprint density at radius 3 is 2.65 bits per heavy atom. The highest BCUT2D eigenvalue weighted by Gasteiger charge is 2.33. The average Bonchev–Trinajstić information content (AvgIpc) is 3.14. The second-order valence-electron chi connectivity index (χ2n) is 5.21. The highest BCUT2D eigenvalue weighted by Crippen LogP contribution is 2.35. The maximum absolute atomic E-state index is 5.86. The van der Waals surface area contributed by atoms with Gasteiger partial charge in [0.1, 0.15) is 12.1 Å². The first-order chi connectivity index (χ1) is 8.13. The highest BCUT2D eigenvalue weighted by molar-refractivity contribution is 5.40. The Balaban J connectivity index is 2.17. The molecule has 1 aromatic rings. The van der Waals surface area contributed by atoms with Gasteiger partial charge in [-0.15, -0.1) is 0 Å². The molecule has 0 spiro atoms. The number of anilines is 1. The van der Waals surface area contributed by atoms with Gasteiger partial charge in [0.15, 0.2) is 0 Å². The van der Waals surface area contributed by atoms with Gasteiger partial charge in [0.25, 0.3) is 0 Å². The SMILES string of the molecule is CC(C)c1cc(N(C)C(CN)C2CC2)ncn1. The van der Waals surface area contributed by atoms with Crippen LogP contribution in [0.1, 0.15) is 38.3 Å². The Morgan fingerprint density at radius 2 is 2.12 bits per heavy atom. The third kappa shape index (κ3) is 2.75. The van der Waals surface area contributed by atoms with E-state index in [0.717, 1.165) is 17.4 Å². The summed E-state index contributed by atoms with van der Waals surface area (Å²) >= 11 is 0. The zero-order valence-electron chi connectivity index (χ0n) is 10.9. The van der Waals surface area contributed by atoms with Crippen LogP contribution in [-0.4, -0.2) is 29.6 Å². The average molecular weight is 234 g/mol. The van der Waals surface area contributed by atoms with E-state index in [9.17, 15) is 0 Å². The number of nitrogens with zero attached hydrogens (tertiary/aromatic N) is 3. The zero-order valence-corrected chi connectivity index (χ0v) is 10.9. The van der Waals surface area contributed by atoms with Crippen molar-refractivity contribution < 1.29 is 0 Å². The monoisotopic (exact) mass is 234 g/mol. The van der Waals surface area contributed by atoms with Gasteiger partial charge >= 0.3 is 0 Å². The van der Waals surface area contributed by atoms with E-state index in [1.807, 2.05) is 0 Å². The van der Waals surface area contributed by atoms with E-state index in [1.54, 1.807) is 6.33 Å². The maximum Gasteiger partial charge on any atom is 0.132 e. The van der Waals surface area contributed by atoms with E-state index in [0.29, 0.717) is 18.5 Å². The topological polar surface area (TPSA) is 55.0 Å². The normalized spacial score (nSPS) is 17.2. The summed E-state index contributed by atoms with van der Waals surface area (Å²) in [4.78, 5) is 10.9. The van der Waals surface area contributed by atoms with Gasteiger partial charge in [0, 0.05) is 31.4 Å². The van der Waals surface area contributed by atoms with E-state index in [1.165, 1.54) is 12.8 Å². The molecule has 1 unspecified atom stereocenters. The van der Waals surface area contributed by atoms with Crippen molar-refractivity contribution in [2.24, 2.45) is 11.7 Å². The van der Waals surface area contributed by atoms with E-state index >= 15 is 0 Å². The van der Waals surface area contributed by atoms with Gasteiger partial charge in [-0.25, -0.2) is 9.97 Å². The quantitative estimate of drug-likeness (QED) is 0.843. The number of hydrogen-bond acceptors (Lipinski definition) is 4. The molecule has 0 aromatic carbocycles. The van der Waals surface area contributed by atoms with Crippen LogP contribution in [0.3, 0.4) is 0 Å². The van der Waals surface area contributed by atoms with Crippen molar-refractivity contribution in [3.05, 3.63) is 18.1 Å². The molecule has 0 bridgehead atoms. The fraction of sp³-hybridized carbons (Fsp3) is 0.692. The molecular formula is C13H22N4. The molecule has 2 N–H and O–H groups in total. The molecule has 17 heavy (non-hydrogen) atoms. The van der Waals surface area contributed by atoms with Crippen LogP contribution in [0.2, 0.25) is 0 Å². The summed E-state index contributed by atoms with van der Waals surface area (Å²) in [7, 11) is 2.09. The fourth-order valence-electron chi connectivity index (χ4n) is 2.19. The lowest BCUT2D eigenvalue weighted by Crippen LogP contribution is -2.40. The third-order valence-corrected chi connectivity index (χ3v) is 3.53. The van der Waals surface area contributed by atoms with Crippen LogP contribution < -0.4 is 10.6 Å². The molecule has 4 nitrogen and oxygen atoms in total. The van der Waals surface area contributed by atoms with Crippen molar-refractivity contribution in [3.63, 3.8) is 0 Å². The second kappa shape index (κ2) is 5.00. The Labute approximate surface area is 103 Å². The van der Waals surface area contributed by atoms with Crippen molar-refractivity contribution in [1.29, 1.82) is 0 Å². The second-order valence-corrected chi connectivity index (χ2v) is 5.21. The third-order valence-electron chi connectivity index (χ3n) is 3.53. The molecule has 1 aromatic heterocycles. The standard InChI is InChI=1S/C13H22N4/c1-9(2)11-6-13(16-8-15-11)17(3)12(7-14)10-4-5-10/h6,8-10,12H,4-5,7,14H2,1-3H3. The molecular weight excluding hydrogens is 212 g/mol. The summed E-state index contributed by atoms with van der Waals surface area (Å²) in [6.45, 7) is 4.99. The van der Waals surface area contributed by atoms with Crippen LogP contribution in [0.25, 0.3) is 0 Å². The minimum absolute atomic E-state index is 0.421. The van der Waals surface area contributed by atoms with E-state index in [2.05, 4.69) is 41.8 Å². The number of nitrogens with two attached hydrogens (primary N) is 1. The lowest BCUT2D eigenvalue weighted by Gasteiger charge is -2.28. The van der Waals surface area contributed by atoms with Gasteiger partial charge in [0.2, 0.25) is 0 Å². The highest BCUT2D eigenvalue weighted by atomic mass is 15.2. The number of hydrogen-bond donors (Lipinski definition) is 1. The van der Waals surface area contributed by atoms with E-state index in [-0.39, 0.29) is 0 Å². The molecule has 1 heterocycles. The van der Waals surface area contributed by atoms with Gasteiger partial charge in [-0.3, -0.25) is 0 Å². The molecule has 0 aliphatic heterocycles. The van der Waals surface area contributed by atoms with Crippen LogP contribution in [0.15, 0.2) is 12.4 Å². The molecule has 0 saturated heterocycles. The lowest BCUT2D eigenvalue weighted by atomic mass is 10.1. The van der Waals surface area contributed by atoms with Crippen LogP contribution in [0, 0.1) is 5.92 Å². The Hall–Kier alpha value is -1.16. The first kappa shape index (κ1) is 12.3. The van der Waals surface area contributed by atoms with Gasteiger partial charge in [0.05, 0.1) is 0 Å². The molecule has 0 radical (unpaired) electrons. The molecule has 94 valence electrons. The molecule has 1 aliphatic rings. The molecule has 1 atom stereocenters. The number of likely N-dealkylation sites (N-methyl/N-ethyl adjacent to an activating group) is 1. The van der Waals surface area contributed by atoms with Crippen LogP contribution >= 0.6 is 0 Å². The predicted molar refractivity (Wildman–Crippen MR) is 70.1 cm³/mol. The van der Waals surface area contributed by atoms with Gasteiger partial charge in [-0.2, -0.15) is 0 Å². The minimum atomic E-state index is 0.421. The summed E-state index contributed by atoms with van der Waals surface area (Å²) in [5, 5.41) is 0. The zero-order chi connectivity index (χ0) is 12.4. The van der Waals surface area contributed by atoms with Crippen LogP contribution in [-0.2, 0) is 0 Å². The number of rotatable bonds is 5. The molecule has 1 fully saturated rings. The maximum atomic E-state index is 5.86. The van der Waals surface area contributed by atoms with Crippen LogP contribution in [0.5, 0.6) is 0 Å². The first-order valence-corrected chi connectivity index (χ1v) is 6.38. The number of aromatic nitrogens is 2. The smallest absolute Gasteiger partial charge is 0.132 e.